The zero-order chi connectivity index (χ0) is 27.6. The van der Waals surface area contributed by atoms with Gasteiger partial charge in [0.2, 0.25) is 0 Å². The van der Waals surface area contributed by atoms with Crippen molar-refractivity contribution in [3.8, 4) is 28.0 Å². The lowest BCUT2D eigenvalue weighted by Crippen LogP contribution is -2.11. The molecule has 0 aliphatic rings. The van der Waals surface area contributed by atoms with E-state index >= 15 is 0 Å². The van der Waals surface area contributed by atoms with Gasteiger partial charge in [0.05, 0.1) is 5.56 Å². The zero-order valence-corrected chi connectivity index (χ0v) is 19.5. The van der Waals surface area contributed by atoms with E-state index in [-0.39, 0.29) is 29.0 Å². The number of ether oxygens (including phenoxy) is 1. The average molecular weight is 530 g/mol. The van der Waals surface area contributed by atoms with Crippen molar-refractivity contribution in [2.24, 2.45) is 0 Å². The average Bonchev–Trinajstić information content (AvgIpc) is 2.83. The highest BCUT2D eigenvalue weighted by Crippen LogP contribution is 2.31. The van der Waals surface area contributed by atoms with E-state index in [1.54, 1.807) is 12.1 Å². The quantitative estimate of drug-likeness (QED) is 0.147. The maximum absolute atomic E-state index is 14.7. The number of hydrogen-bond acceptors (Lipinski definition) is 2. The van der Waals surface area contributed by atoms with Gasteiger partial charge in [-0.25, -0.2) is 22.4 Å². The van der Waals surface area contributed by atoms with E-state index in [0.717, 1.165) is 29.3 Å². The molecule has 4 rings (SSSR count). The second kappa shape index (κ2) is 10.5. The number of alkyl halides is 3. The molecule has 38 heavy (non-hydrogen) atoms. The van der Waals surface area contributed by atoms with Crippen LogP contribution in [-0.2, 0) is 0 Å². The number of carbonyl (C=O) groups is 1. The molecule has 0 N–H and O–H groups in total. The van der Waals surface area contributed by atoms with Crippen molar-refractivity contribution in [2.45, 2.75) is 13.1 Å². The summed E-state index contributed by atoms with van der Waals surface area (Å²) in [6.45, 7) is 1.91. The van der Waals surface area contributed by atoms with E-state index in [9.17, 15) is 35.5 Å². The lowest BCUT2D eigenvalue weighted by atomic mass is 10.0. The molecule has 0 heterocycles. The molecule has 0 fully saturated rings. The number of rotatable bonds is 5. The number of hydrogen-bond donors (Lipinski definition) is 0. The van der Waals surface area contributed by atoms with Gasteiger partial charge in [-0.15, -0.1) is 0 Å². The summed E-state index contributed by atoms with van der Waals surface area (Å²) in [5, 5.41) is 0. The predicted molar refractivity (Wildman–Crippen MR) is 128 cm³/mol. The van der Waals surface area contributed by atoms with Gasteiger partial charge in [0, 0.05) is 23.3 Å². The SMILES string of the molecule is Cc1ccc(-c2ccc(C(=O)Oc3ccc(-c4cc(F)c(/C=C/C(F)(F)F)c(F)c4)c(F)c3)c(F)c2)cc1. The summed E-state index contributed by atoms with van der Waals surface area (Å²) in [4.78, 5) is 12.5. The van der Waals surface area contributed by atoms with Gasteiger partial charge in [-0.05, 0) is 66.1 Å². The fraction of sp³-hybridized carbons (Fsp3) is 0.0690. The van der Waals surface area contributed by atoms with E-state index in [1.807, 2.05) is 19.1 Å². The minimum atomic E-state index is -4.77. The van der Waals surface area contributed by atoms with Crippen molar-refractivity contribution in [3.63, 3.8) is 0 Å². The number of carbonyl (C=O) groups excluding carboxylic acids is 1. The summed E-state index contributed by atoms with van der Waals surface area (Å²) < 4.78 is 99.9. The Morgan fingerprint density at radius 2 is 1.32 bits per heavy atom. The lowest BCUT2D eigenvalue weighted by molar-refractivity contribution is -0.0790. The topological polar surface area (TPSA) is 26.3 Å². The van der Waals surface area contributed by atoms with E-state index < -0.39 is 46.5 Å². The first-order valence-corrected chi connectivity index (χ1v) is 11.0. The van der Waals surface area contributed by atoms with Crippen LogP contribution in [0.2, 0.25) is 0 Å². The molecule has 0 radical (unpaired) electrons. The molecule has 0 amide bonds. The molecule has 9 heteroatoms. The number of aryl methyl sites for hydroxylation is 1. The first-order valence-electron chi connectivity index (χ1n) is 11.0. The zero-order valence-electron chi connectivity index (χ0n) is 19.5. The van der Waals surface area contributed by atoms with Crippen molar-refractivity contribution in [3.05, 3.63) is 119 Å². The smallest absolute Gasteiger partial charge is 0.409 e. The maximum atomic E-state index is 14.7. The van der Waals surface area contributed by atoms with Crippen LogP contribution in [0.3, 0.4) is 0 Å². The highest BCUT2D eigenvalue weighted by molar-refractivity contribution is 5.92. The van der Waals surface area contributed by atoms with Crippen molar-refractivity contribution in [1.82, 2.24) is 0 Å². The Balaban J connectivity index is 1.53. The second-order valence-electron chi connectivity index (χ2n) is 8.32. The van der Waals surface area contributed by atoms with Gasteiger partial charge in [0.1, 0.15) is 29.0 Å². The minimum Gasteiger partial charge on any atom is -0.423 e. The second-order valence-corrected chi connectivity index (χ2v) is 8.32. The molecule has 0 aliphatic heterocycles. The monoisotopic (exact) mass is 530 g/mol. The summed E-state index contributed by atoms with van der Waals surface area (Å²) in [7, 11) is 0. The summed E-state index contributed by atoms with van der Waals surface area (Å²) in [6.07, 6.45) is -4.86. The van der Waals surface area contributed by atoms with Gasteiger partial charge in [-0.2, -0.15) is 13.2 Å². The molecule has 4 aromatic rings. The Kier molecular flexibility index (Phi) is 7.39. The number of benzene rings is 4. The fourth-order valence-corrected chi connectivity index (χ4v) is 3.64. The van der Waals surface area contributed by atoms with Crippen LogP contribution < -0.4 is 4.74 Å². The molecule has 0 saturated heterocycles. The van der Waals surface area contributed by atoms with Crippen molar-refractivity contribution < 1.29 is 40.3 Å². The van der Waals surface area contributed by atoms with Crippen LogP contribution in [-0.4, -0.2) is 12.1 Å². The third-order valence-electron chi connectivity index (χ3n) is 5.55. The number of halogens is 7. The maximum Gasteiger partial charge on any atom is 0.409 e. The van der Waals surface area contributed by atoms with Crippen LogP contribution in [0, 0.1) is 30.2 Å². The van der Waals surface area contributed by atoms with Crippen molar-refractivity contribution >= 4 is 12.0 Å². The van der Waals surface area contributed by atoms with Gasteiger partial charge in [-0.1, -0.05) is 35.9 Å². The Hall–Kier alpha value is -4.40. The van der Waals surface area contributed by atoms with Crippen LogP contribution in [0.5, 0.6) is 5.75 Å². The fourth-order valence-electron chi connectivity index (χ4n) is 3.64. The van der Waals surface area contributed by atoms with Gasteiger partial charge in [-0.3, -0.25) is 0 Å². The molecule has 194 valence electrons. The highest BCUT2D eigenvalue weighted by Gasteiger charge is 2.23. The minimum absolute atomic E-state index is 0.236. The standard InChI is InChI=1S/C29H17F7O2/c1-16-2-4-17(5-3-16)18-6-8-23(26(32)12-18)28(37)38-20-7-9-21(27(33)15-20)19-13-24(30)22(25(31)14-19)10-11-29(34,35)36/h2-15H,1H3/b11-10+. The molecule has 4 aromatic carbocycles. The van der Waals surface area contributed by atoms with Gasteiger partial charge >= 0.3 is 12.1 Å². The lowest BCUT2D eigenvalue weighted by Gasteiger charge is -2.10. The Morgan fingerprint density at radius 1 is 0.711 bits per heavy atom. The van der Waals surface area contributed by atoms with Gasteiger partial charge in [0.25, 0.3) is 0 Å². The van der Waals surface area contributed by atoms with E-state index in [0.29, 0.717) is 17.7 Å². The highest BCUT2D eigenvalue weighted by atomic mass is 19.4. The van der Waals surface area contributed by atoms with Crippen molar-refractivity contribution in [1.29, 1.82) is 0 Å². The molecule has 0 aromatic heterocycles. The molecule has 0 saturated carbocycles. The number of allylic oxidation sites excluding steroid dienone is 1. The van der Waals surface area contributed by atoms with E-state index in [4.69, 9.17) is 4.74 Å². The molecule has 0 spiro atoms. The summed E-state index contributed by atoms with van der Waals surface area (Å²) >= 11 is 0. The van der Waals surface area contributed by atoms with Crippen LogP contribution in [0.4, 0.5) is 30.7 Å². The van der Waals surface area contributed by atoms with Gasteiger partial charge < -0.3 is 4.74 Å². The predicted octanol–water partition coefficient (Wildman–Crippen LogP) is 8.68. The molecular formula is C29H17F7O2. The molecule has 0 aliphatic carbocycles. The van der Waals surface area contributed by atoms with E-state index in [2.05, 4.69) is 0 Å². The Labute approximate surface area is 212 Å². The Bertz CT molecular complexity index is 1520. The summed E-state index contributed by atoms with van der Waals surface area (Å²) in [5.74, 6) is -5.95. The normalized spacial score (nSPS) is 11.7. The first kappa shape index (κ1) is 26.7. The number of esters is 1. The third-order valence-corrected chi connectivity index (χ3v) is 5.55. The van der Waals surface area contributed by atoms with Gasteiger partial charge in [0.15, 0.2) is 0 Å². The summed E-state index contributed by atoms with van der Waals surface area (Å²) in [6, 6.07) is 15.6. The molecule has 0 atom stereocenters. The largest absolute Gasteiger partial charge is 0.423 e. The first-order chi connectivity index (χ1) is 17.9. The van der Waals surface area contributed by atoms with Crippen LogP contribution in [0.1, 0.15) is 21.5 Å². The molecule has 0 unspecified atom stereocenters. The third kappa shape index (κ3) is 6.11. The molecule has 0 bridgehead atoms. The van der Waals surface area contributed by atoms with E-state index in [1.165, 1.54) is 18.2 Å². The van der Waals surface area contributed by atoms with Crippen LogP contribution in [0.15, 0.2) is 78.9 Å². The molecular weight excluding hydrogens is 513 g/mol. The van der Waals surface area contributed by atoms with Crippen molar-refractivity contribution in [2.75, 3.05) is 0 Å². The van der Waals surface area contributed by atoms with Crippen LogP contribution in [0.25, 0.3) is 28.3 Å². The molecule has 2 nitrogen and oxygen atoms in total. The Morgan fingerprint density at radius 3 is 1.89 bits per heavy atom. The van der Waals surface area contributed by atoms with Crippen LogP contribution >= 0.6 is 0 Å². The summed E-state index contributed by atoms with van der Waals surface area (Å²) in [5.41, 5.74) is 0.375.